The number of methoxy groups -OCH3 is 1. The third-order valence-electron chi connectivity index (χ3n) is 9.11. The Labute approximate surface area is 266 Å². The van der Waals surface area contributed by atoms with Gasteiger partial charge in [0.15, 0.2) is 0 Å². The third-order valence-corrected chi connectivity index (χ3v) is 10.00. The fourth-order valence-corrected chi connectivity index (χ4v) is 7.27. The summed E-state index contributed by atoms with van der Waals surface area (Å²) in [6, 6.07) is 6.64. The van der Waals surface area contributed by atoms with Gasteiger partial charge >= 0.3 is 5.97 Å². The molecule has 2 amide bonds. The van der Waals surface area contributed by atoms with Crippen LogP contribution < -0.4 is 14.8 Å². The first-order valence-electron chi connectivity index (χ1n) is 15.8. The minimum atomic E-state index is -1.33. The molecule has 0 radical (unpaired) electrons. The van der Waals surface area contributed by atoms with Crippen LogP contribution in [0.4, 0.5) is 0 Å². The molecule has 4 atom stereocenters. The van der Waals surface area contributed by atoms with Crippen molar-refractivity contribution in [3.05, 3.63) is 47.5 Å². The Morgan fingerprint density at radius 3 is 2.73 bits per heavy atom. The van der Waals surface area contributed by atoms with Crippen LogP contribution in [0.5, 0.6) is 11.5 Å². The number of amides is 2. The van der Waals surface area contributed by atoms with E-state index in [1.54, 1.807) is 12.0 Å². The molecule has 0 bridgehead atoms. The molecule has 3 aromatic rings. The summed E-state index contributed by atoms with van der Waals surface area (Å²) in [7, 11) is 1.61. The van der Waals surface area contributed by atoms with E-state index >= 15 is 0 Å². The summed E-state index contributed by atoms with van der Waals surface area (Å²) in [5.41, 5.74) is 1.00. The average molecular weight is 633 g/mol. The number of benzene rings is 1. The fraction of sp³-hybridized carbons (Fsp3) is 0.500. The molecular formula is C34H40N4O6S. The lowest BCUT2D eigenvalue weighted by Crippen LogP contribution is -2.53. The number of hydrogen-bond donors (Lipinski definition) is 2. The normalized spacial score (nSPS) is 25.7. The van der Waals surface area contributed by atoms with Crippen LogP contribution in [0.15, 0.2) is 41.8 Å². The molecule has 2 aromatic heterocycles. The van der Waals surface area contributed by atoms with Gasteiger partial charge in [0, 0.05) is 41.7 Å². The van der Waals surface area contributed by atoms with Gasteiger partial charge in [-0.1, -0.05) is 38.8 Å². The summed E-state index contributed by atoms with van der Waals surface area (Å²) in [5, 5.41) is 16.5. The summed E-state index contributed by atoms with van der Waals surface area (Å²) < 4.78 is 12.1. The van der Waals surface area contributed by atoms with Crippen molar-refractivity contribution >= 4 is 40.0 Å². The number of aromatic nitrogens is 2. The number of rotatable bonds is 6. The van der Waals surface area contributed by atoms with Gasteiger partial charge in [-0.2, -0.15) is 0 Å². The molecular weight excluding hydrogens is 592 g/mol. The van der Waals surface area contributed by atoms with E-state index in [2.05, 4.69) is 19.2 Å². The summed E-state index contributed by atoms with van der Waals surface area (Å²) in [6.07, 6.45) is 8.91. The smallest absolute Gasteiger partial charge is 0.330 e. The van der Waals surface area contributed by atoms with Crippen molar-refractivity contribution in [3.8, 4) is 22.2 Å². The van der Waals surface area contributed by atoms with Crippen molar-refractivity contribution in [2.45, 2.75) is 88.8 Å². The minimum Gasteiger partial charge on any atom is -0.497 e. The number of allylic oxidation sites excluding steroid dienone is 1. The number of carboxylic acid groups (broad SMARTS) is 1. The zero-order valence-electron chi connectivity index (χ0n) is 26.0. The highest BCUT2D eigenvalue weighted by molar-refractivity contribution is 7.13. The highest BCUT2D eigenvalue weighted by atomic mass is 32.1. The average Bonchev–Trinajstić information content (AvgIpc) is 3.33. The van der Waals surface area contributed by atoms with Gasteiger partial charge in [-0.15, -0.1) is 11.3 Å². The molecule has 0 unspecified atom stereocenters. The number of carbonyl (C=O) groups is 3. The molecule has 2 N–H and O–H groups in total. The van der Waals surface area contributed by atoms with Crippen molar-refractivity contribution in [2.75, 3.05) is 13.7 Å². The molecule has 1 aliphatic carbocycles. The second-order valence-corrected chi connectivity index (χ2v) is 13.5. The molecule has 2 aliphatic heterocycles. The van der Waals surface area contributed by atoms with Gasteiger partial charge in [-0.25, -0.2) is 14.8 Å². The van der Waals surface area contributed by atoms with E-state index in [9.17, 15) is 19.5 Å². The molecule has 1 aromatic carbocycles. The van der Waals surface area contributed by atoms with Crippen LogP contribution in [0.2, 0.25) is 0 Å². The highest BCUT2D eigenvalue weighted by Gasteiger charge is 2.61. The van der Waals surface area contributed by atoms with Gasteiger partial charge in [-0.05, 0) is 43.7 Å². The predicted molar refractivity (Wildman–Crippen MR) is 171 cm³/mol. The monoisotopic (exact) mass is 632 g/mol. The number of hydrogen-bond acceptors (Lipinski definition) is 8. The van der Waals surface area contributed by atoms with Crippen LogP contribution in [0.3, 0.4) is 0 Å². The number of pyridine rings is 1. The van der Waals surface area contributed by atoms with Gasteiger partial charge in [-0.3, -0.25) is 9.59 Å². The molecule has 238 valence electrons. The number of fused-ring (bicyclic) bond motifs is 3. The predicted octanol–water partition coefficient (Wildman–Crippen LogP) is 5.71. The van der Waals surface area contributed by atoms with Crippen molar-refractivity contribution in [2.24, 2.45) is 5.92 Å². The van der Waals surface area contributed by atoms with Crippen LogP contribution in [0.25, 0.3) is 21.6 Å². The number of nitrogens with one attached hydrogen (secondary N) is 1. The topological polar surface area (TPSA) is 131 Å². The molecule has 3 aliphatic rings. The SMILES string of the molecule is COc1ccc2c(O[C@@H]3C[C@H]4C(=O)N[C@]5(C(=O)O)C[C@H]5C=CCCCCCCC(=O)N4C3)cc(-c3nc(C(C)C)cs3)nc2c1. The zero-order valence-corrected chi connectivity index (χ0v) is 26.8. The first-order valence-corrected chi connectivity index (χ1v) is 16.7. The number of aliphatic carboxylic acids is 1. The van der Waals surface area contributed by atoms with Gasteiger partial charge in [0.1, 0.15) is 39.9 Å². The zero-order chi connectivity index (χ0) is 31.7. The van der Waals surface area contributed by atoms with E-state index in [0.29, 0.717) is 35.6 Å². The van der Waals surface area contributed by atoms with Crippen LogP contribution in [-0.2, 0) is 14.4 Å². The number of ether oxygens (including phenoxy) is 2. The molecule has 45 heavy (non-hydrogen) atoms. The van der Waals surface area contributed by atoms with E-state index in [0.717, 1.165) is 48.2 Å². The van der Waals surface area contributed by atoms with Crippen LogP contribution in [0.1, 0.15) is 76.8 Å². The van der Waals surface area contributed by atoms with Crippen molar-refractivity contribution in [1.82, 2.24) is 20.2 Å². The summed E-state index contributed by atoms with van der Waals surface area (Å²) in [4.78, 5) is 50.8. The molecule has 11 heteroatoms. The Bertz CT molecular complexity index is 1640. The second-order valence-electron chi connectivity index (χ2n) is 12.6. The van der Waals surface area contributed by atoms with E-state index < -0.39 is 29.6 Å². The molecule has 10 nitrogen and oxygen atoms in total. The molecule has 1 saturated heterocycles. The lowest BCUT2D eigenvalue weighted by atomic mass is 10.1. The Hall–Kier alpha value is -3.99. The second kappa shape index (κ2) is 12.8. The van der Waals surface area contributed by atoms with Crippen molar-refractivity contribution < 1.29 is 29.0 Å². The first-order chi connectivity index (χ1) is 21.7. The number of carbonyl (C=O) groups excluding carboxylic acids is 2. The van der Waals surface area contributed by atoms with Gasteiger partial charge < -0.3 is 24.8 Å². The number of thiazole rings is 1. The Balaban J connectivity index is 1.30. The van der Waals surface area contributed by atoms with Gasteiger partial charge in [0.25, 0.3) is 0 Å². The molecule has 6 rings (SSSR count). The van der Waals surface area contributed by atoms with Crippen molar-refractivity contribution in [1.29, 1.82) is 0 Å². The largest absolute Gasteiger partial charge is 0.497 e. The molecule has 0 spiro atoms. The number of nitrogens with zero attached hydrogens (tertiary/aromatic N) is 3. The summed E-state index contributed by atoms with van der Waals surface area (Å²) in [6.45, 7) is 4.42. The lowest BCUT2D eigenvalue weighted by Gasteiger charge is -2.25. The van der Waals surface area contributed by atoms with Crippen molar-refractivity contribution in [3.63, 3.8) is 0 Å². The Morgan fingerprint density at radius 2 is 1.98 bits per heavy atom. The minimum absolute atomic E-state index is 0.111. The van der Waals surface area contributed by atoms with Gasteiger partial charge in [0.2, 0.25) is 11.8 Å². The molecule has 1 saturated carbocycles. The van der Waals surface area contributed by atoms with E-state index in [4.69, 9.17) is 19.4 Å². The maximum absolute atomic E-state index is 13.7. The van der Waals surface area contributed by atoms with Crippen LogP contribution >= 0.6 is 11.3 Å². The standard InChI is InChI=1S/C34H40N4O6S/c1-20(2)27-19-45-32(36-27)26-16-29(24-13-12-22(43-3)14-25(24)35-26)44-23-15-28-31(40)37-34(33(41)42)17-21(34)10-8-6-4-5-7-9-11-30(39)38(28)18-23/h8,10,12-14,16,19-21,23,28H,4-7,9,11,15,17-18H2,1-3H3,(H,37,40)(H,41,42)/t21-,23-,28+,34-/m1/s1. The first kappa shape index (κ1) is 31.0. The maximum atomic E-state index is 13.7. The van der Waals surface area contributed by atoms with E-state index in [-0.39, 0.29) is 30.7 Å². The highest BCUT2D eigenvalue weighted by Crippen LogP contribution is 2.45. The Kier molecular flexibility index (Phi) is 8.81. The van der Waals surface area contributed by atoms with Crippen LogP contribution in [-0.4, -0.2) is 69.1 Å². The summed E-state index contributed by atoms with van der Waals surface area (Å²) in [5.74, 6) is -0.350. The summed E-state index contributed by atoms with van der Waals surface area (Å²) >= 11 is 1.52. The van der Waals surface area contributed by atoms with E-state index in [1.807, 2.05) is 41.8 Å². The van der Waals surface area contributed by atoms with Crippen LogP contribution in [0, 0.1) is 5.92 Å². The van der Waals surface area contributed by atoms with Gasteiger partial charge in [0.05, 0.1) is 24.9 Å². The molecule has 2 fully saturated rings. The number of carboxylic acids is 1. The Morgan fingerprint density at radius 1 is 1.16 bits per heavy atom. The molecule has 4 heterocycles. The fourth-order valence-electron chi connectivity index (χ4n) is 6.33. The quantitative estimate of drug-likeness (QED) is 0.331. The van der Waals surface area contributed by atoms with E-state index in [1.165, 1.54) is 11.3 Å². The maximum Gasteiger partial charge on any atom is 0.330 e. The lowest BCUT2D eigenvalue weighted by molar-refractivity contribution is -0.145. The third kappa shape index (κ3) is 6.40.